The predicted molar refractivity (Wildman–Crippen MR) is 82.0 cm³/mol. The van der Waals surface area contributed by atoms with Gasteiger partial charge in [0.25, 0.3) is 5.56 Å². The van der Waals surface area contributed by atoms with E-state index in [1.165, 1.54) is 24.2 Å². The third-order valence-corrected chi connectivity index (χ3v) is 4.74. The number of aromatic nitrogens is 2. The van der Waals surface area contributed by atoms with Gasteiger partial charge >= 0.3 is 0 Å². The highest BCUT2D eigenvalue weighted by Gasteiger charge is 2.23. The molecule has 2 heterocycles. The van der Waals surface area contributed by atoms with E-state index in [1.807, 2.05) is 23.6 Å². The van der Waals surface area contributed by atoms with E-state index in [2.05, 4.69) is 17.1 Å². The number of hydrogen-bond donors (Lipinski definition) is 0. The second kappa shape index (κ2) is 4.56. The zero-order chi connectivity index (χ0) is 13.5. The molecule has 1 aromatic carbocycles. The van der Waals surface area contributed by atoms with Gasteiger partial charge in [-0.1, -0.05) is 30.3 Å². The molecule has 3 aromatic rings. The van der Waals surface area contributed by atoms with Gasteiger partial charge in [0.05, 0.1) is 11.8 Å². The standard InChI is InChI=1S/C16H14N2OS/c19-16-15-14(17-10-18(16)8-11-6-7-11)13(9-20-15)12-4-2-1-3-5-12/h1-5,9-11H,6-8H2. The molecule has 0 spiro atoms. The van der Waals surface area contributed by atoms with Crippen LogP contribution in [0.15, 0.2) is 46.8 Å². The van der Waals surface area contributed by atoms with Gasteiger partial charge in [-0.25, -0.2) is 4.98 Å². The van der Waals surface area contributed by atoms with E-state index >= 15 is 0 Å². The van der Waals surface area contributed by atoms with Crippen molar-refractivity contribution in [1.29, 1.82) is 0 Å². The van der Waals surface area contributed by atoms with Gasteiger partial charge in [0.2, 0.25) is 0 Å². The molecule has 20 heavy (non-hydrogen) atoms. The minimum atomic E-state index is 0.106. The van der Waals surface area contributed by atoms with Crippen LogP contribution in [0.5, 0.6) is 0 Å². The molecule has 4 heteroatoms. The van der Waals surface area contributed by atoms with Gasteiger partial charge in [-0.3, -0.25) is 9.36 Å². The van der Waals surface area contributed by atoms with Crippen LogP contribution in [0.25, 0.3) is 21.3 Å². The summed E-state index contributed by atoms with van der Waals surface area (Å²) in [5.41, 5.74) is 3.11. The van der Waals surface area contributed by atoms with Crippen molar-refractivity contribution in [2.45, 2.75) is 19.4 Å². The van der Waals surface area contributed by atoms with Crippen molar-refractivity contribution in [2.75, 3.05) is 0 Å². The molecule has 1 saturated carbocycles. The predicted octanol–water partition coefficient (Wildman–Crippen LogP) is 3.54. The summed E-state index contributed by atoms with van der Waals surface area (Å²) in [6, 6.07) is 10.1. The van der Waals surface area contributed by atoms with Crippen LogP contribution < -0.4 is 5.56 Å². The largest absolute Gasteiger partial charge is 0.298 e. The lowest BCUT2D eigenvalue weighted by Crippen LogP contribution is -2.20. The van der Waals surface area contributed by atoms with E-state index in [4.69, 9.17) is 0 Å². The second-order valence-electron chi connectivity index (χ2n) is 5.34. The monoisotopic (exact) mass is 282 g/mol. The van der Waals surface area contributed by atoms with Gasteiger partial charge in [0, 0.05) is 17.5 Å². The molecule has 0 radical (unpaired) electrons. The van der Waals surface area contributed by atoms with Crippen LogP contribution in [0, 0.1) is 5.92 Å². The lowest BCUT2D eigenvalue weighted by Gasteiger charge is -2.04. The number of hydrogen-bond acceptors (Lipinski definition) is 3. The molecule has 0 unspecified atom stereocenters. The SMILES string of the molecule is O=c1c2scc(-c3ccccc3)c2ncn1CC1CC1. The Morgan fingerprint density at radius 1 is 1.25 bits per heavy atom. The molecular formula is C16H14N2OS. The maximum atomic E-state index is 12.5. The highest BCUT2D eigenvalue weighted by atomic mass is 32.1. The summed E-state index contributed by atoms with van der Waals surface area (Å²) in [6.07, 6.45) is 4.19. The van der Waals surface area contributed by atoms with E-state index in [0.29, 0.717) is 5.92 Å². The molecule has 0 atom stereocenters. The summed E-state index contributed by atoms with van der Waals surface area (Å²) in [5.74, 6) is 0.681. The number of nitrogens with zero attached hydrogens (tertiary/aromatic N) is 2. The summed E-state index contributed by atoms with van der Waals surface area (Å²) in [7, 11) is 0. The van der Waals surface area contributed by atoms with Crippen molar-refractivity contribution in [3.05, 3.63) is 52.4 Å². The normalized spacial score (nSPS) is 14.8. The van der Waals surface area contributed by atoms with Gasteiger partial charge in [-0.2, -0.15) is 0 Å². The fourth-order valence-electron chi connectivity index (χ4n) is 2.47. The molecule has 0 N–H and O–H groups in total. The fourth-order valence-corrected chi connectivity index (χ4v) is 3.45. The topological polar surface area (TPSA) is 34.9 Å². The first-order valence-electron chi connectivity index (χ1n) is 6.85. The number of benzene rings is 1. The summed E-state index contributed by atoms with van der Waals surface area (Å²) < 4.78 is 2.54. The van der Waals surface area contributed by atoms with Crippen molar-refractivity contribution in [1.82, 2.24) is 9.55 Å². The van der Waals surface area contributed by atoms with Crippen molar-refractivity contribution in [2.24, 2.45) is 5.92 Å². The van der Waals surface area contributed by atoms with Crippen LogP contribution >= 0.6 is 11.3 Å². The smallest absolute Gasteiger partial charge is 0.271 e. The minimum Gasteiger partial charge on any atom is -0.298 e. The second-order valence-corrected chi connectivity index (χ2v) is 6.22. The maximum Gasteiger partial charge on any atom is 0.271 e. The van der Waals surface area contributed by atoms with E-state index in [1.54, 1.807) is 10.9 Å². The minimum absolute atomic E-state index is 0.106. The molecule has 1 aliphatic rings. The molecule has 1 fully saturated rings. The Labute approximate surface area is 120 Å². The molecule has 0 bridgehead atoms. The maximum absolute atomic E-state index is 12.5. The molecule has 4 rings (SSSR count). The van der Waals surface area contributed by atoms with Crippen molar-refractivity contribution < 1.29 is 0 Å². The summed E-state index contributed by atoms with van der Waals surface area (Å²) >= 11 is 1.50. The number of thiophene rings is 1. The zero-order valence-corrected chi connectivity index (χ0v) is 11.8. The van der Waals surface area contributed by atoms with Crippen molar-refractivity contribution in [3.63, 3.8) is 0 Å². The molecule has 1 aliphatic carbocycles. The molecule has 100 valence electrons. The lowest BCUT2D eigenvalue weighted by atomic mass is 10.1. The molecule has 0 amide bonds. The van der Waals surface area contributed by atoms with Crippen LogP contribution in [0.4, 0.5) is 0 Å². The molecule has 0 aliphatic heterocycles. The van der Waals surface area contributed by atoms with E-state index in [0.717, 1.165) is 27.9 Å². The van der Waals surface area contributed by atoms with Gasteiger partial charge in [0.1, 0.15) is 4.70 Å². The van der Waals surface area contributed by atoms with Gasteiger partial charge < -0.3 is 0 Å². The average molecular weight is 282 g/mol. The highest BCUT2D eigenvalue weighted by Crippen LogP contribution is 2.32. The van der Waals surface area contributed by atoms with Crippen LogP contribution in [0.3, 0.4) is 0 Å². The average Bonchev–Trinajstić information content (AvgIpc) is 3.19. The summed E-state index contributed by atoms with van der Waals surface area (Å²) in [6.45, 7) is 0.820. The Bertz CT molecular complexity index is 815. The summed E-state index contributed by atoms with van der Waals surface area (Å²) in [5, 5.41) is 2.04. The first kappa shape index (κ1) is 11.9. The van der Waals surface area contributed by atoms with Gasteiger partial charge in [0.15, 0.2) is 0 Å². The number of fused-ring (bicyclic) bond motifs is 1. The Balaban J connectivity index is 1.86. The van der Waals surface area contributed by atoms with E-state index in [-0.39, 0.29) is 5.56 Å². The van der Waals surface area contributed by atoms with E-state index < -0.39 is 0 Å². The van der Waals surface area contributed by atoms with Crippen LogP contribution in [0.2, 0.25) is 0 Å². The lowest BCUT2D eigenvalue weighted by molar-refractivity contribution is 0.602. The third-order valence-electron chi connectivity index (χ3n) is 3.78. The third kappa shape index (κ3) is 1.96. The van der Waals surface area contributed by atoms with Crippen LogP contribution in [-0.4, -0.2) is 9.55 Å². The Kier molecular flexibility index (Phi) is 2.70. The summed E-state index contributed by atoms with van der Waals surface area (Å²) in [4.78, 5) is 17.0. The quantitative estimate of drug-likeness (QED) is 0.736. The highest BCUT2D eigenvalue weighted by molar-refractivity contribution is 7.17. The zero-order valence-electron chi connectivity index (χ0n) is 11.0. The van der Waals surface area contributed by atoms with Crippen molar-refractivity contribution >= 4 is 21.6 Å². The van der Waals surface area contributed by atoms with Gasteiger partial charge in [-0.15, -0.1) is 11.3 Å². The fraction of sp³-hybridized carbons (Fsp3) is 0.250. The van der Waals surface area contributed by atoms with E-state index in [9.17, 15) is 4.79 Å². The number of rotatable bonds is 3. The Morgan fingerprint density at radius 2 is 2.05 bits per heavy atom. The molecular weight excluding hydrogens is 268 g/mol. The van der Waals surface area contributed by atoms with Crippen LogP contribution in [0.1, 0.15) is 12.8 Å². The van der Waals surface area contributed by atoms with Crippen molar-refractivity contribution in [3.8, 4) is 11.1 Å². The first-order chi connectivity index (χ1) is 9.83. The Hall–Kier alpha value is -1.94. The molecule has 2 aromatic heterocycles. The molecule has 0 saturated heterocycles. The molecule has 3 nitrogen and oxygen atoms in total. The first-order valence-corrected chi connectivity index (χ1v) is 7.73. The van der Waals surface area contributed by atoms with Gasteiger partial charge in [-0.05, 0) is 24.3 Å². The Morgan fingerprint density at radius 3 is 2.80 bits per heavy atom. The van der Waals surface area contributed by atoms with Crippen LogP contribution in [-0.2, 0) is 6.54 Å².